The van der Waals surface area contributed by atoms with Crippen LogP contribution in [-0.4, -0.2) is 6.04 Å². The fourth-order valence-corrected chi connectivity index (χ4v) is 2.73. The molecule has 1 N–H and O–H groups in total. The molecule has 99 valence electrons. The van der Waals surface area contributed by atoms with Crippen molar-refractivity contribution in [2.75, 3.05) is 0 Å². The second-order valence-electron chi connectivity index (χ2n) is 5.99. The minimum absolute atomic E-state index is 0.753. The van der Waals surface area contributed by atoms with Crippen molar-refractivity contribution in [1.82, 2.24) is 5.32 Å². The van der Waals surface area contributed by atoms with Crippen molar-refractivity contribution in [2.45, 2.75) is 65.0 Å². The van der Waals surface area contributed by atoms with Crippen LogP contribution >= 0.6 is 0 Å². The first kappa shape index (κ1) is 13.6. The van der Waals surface area contributed by atoms with Crippen LogP contribution in [0.25, 0.3) is 0 Å². The lowest BCUT2D eigenvalue weighted by Gasteiger charge is -2.15. The van der Waals surface area contributed by atoms with Gasteiger partial charge in [0.15, 0.2) is 0 Å². The van der Waals surface area contributed by atoms with E-state index in [9.17, 15) is 0 Å². The van der Waals surface area contributed by atoms with E-state index in [1.807, 2.05) is 0 Å². The highest BCUT2D eigenvalue weighted by Crippen LogP contribution is 2.19. The molecule has 1 aliphatic rings. The Balaban J connectivity index is 1.89. The standard InChI is InChI=1S/C17H26N/c1-14(2)11-12-15-7-3-4-8-16(15)13-18-17-9-5-6-10-17/h3,7-8,14,17-18H,5-6,9-13H2,1-2H3. The number of hydrogen-bond acceptors (Lipinski definition) is 1. The maximum absolute atomic E-state index is 3.71. The molecule has 0 amide bonds. The molecule has 0 aliphatic heterocycles. The molecule has 0 spiro atoms. The first-order chi connectivity index (χ1) is 8.75. The lowest BCUT2D eigenvalue weighted by atomic mass is 9.98. The number of hydrogen-bond donors (Lipinski definition) is 1. The topological polar surface area (TPSA) is 12.0 Å². The zero-order valence-corrected chi connectivity index (χ0v) is 11.8. The normalized spacial score (nSPS) is 16.6. The number of aryl methyl sites for hydroxylation is 1. The van der Waals surface area contributed by atoms with Gasteiger partial charge >= 0.3 is 0 Å². The molecule has 1 aromatic rings. The smallest absolute Gasteiger partial charge is 0.0211 e. The molecule has 0 unspecified atom stereocenters. The van der Waals surface area contributed by atoms with Crippen molar-refractivity contribution in [3.63, 3.8) is 0 Å². The van der Waals surface area contributed by atoms with Crippen molar-refractivity contribution >= 4 is 0 Å². The predicted molar refractivity (Wildman–Crippen MR) is 77.5 cm³/mol. The Morgan fingerprint density at radius 2 is 2.06 bits per heavy atom. The highest BCUT2D eigenvalue weighted by Gasteiger charge is 2.14. The summed E-state index contributed by atoms with van der Waals surface area (Å²) in [7, 11) is 0. The summed E-state index contributed by atoms with van der Waals surface area (Å²) in [5.74, 6) is 0.782. The van der Waals surface area contributed by atoms with Crippen LogP contribution in [0.5, 0.6) is 0 Å². The Labute approximate surface area is 112 Å². The zero-order chi connectivity index (χ0) is 12.8. The Kier molecular flexibility index (Phi) is 5.25. The highest BCUT2D eigenvalue weighted by atomic mass is 14.9. The first-order valence-electron chi connectivity index (χ1n) is 7.47. The molecule has 0 heterocycles. The monoisotopic (exact) mass is 244 g/mol. The SMILES string of the molecule is CC(C)CCc1cc[c]cc1CNC1CCCC1. The summed E-state index contributed by atoms with van der Waals surface area (Å²) >= 11 is 0. The van der Waals surface area contributed by atoms with Gasteiger partial charge in [-0.2, -0.15) is 0 Å². The highest BCUT2D eigenvalue weighted by molar-refractivity contribution is 5.26. The van der Waals surface area contributed by atoms with Crippen LogP contribution in [0.1, 0.15) is 57.1 Å². The second kappa shape index (κ2) is 6.94. The van der Waals surface area contributed by atoms with E-state index in [4.69, 9.17) is 0 Å². The molecule has 2 rings (SSSR count). The maximum Gasteiger partial charge on any atom is 0.0211 e. The van der Waals surface area contributed by atoms with Crippen molar-refractivity contribution in [2.24, 2.45) is 5.92 Å². The van der Waals surface area contributed by atoms with Gasteiger partial charge in [0.05, 0.1) is 0 Å². The number of nitrogens with one attached hydrogen (secondary N) is 1. The van der Waals surface area contributed by atoms with Gasteiger partial charge in [0.1, 0.15) is 0 Å². The largest absolute Gasteiger partial charge is 0.310 e. The van der Waals surface area contributed by atoms with Crippen LogP contribution in [-0.2, 0) is 13.0 Å². The molecule has 0 atom stereocenters. The van der Waals surface area contributed by atoms with Crippen LogP contribution in [0.15, 0.2) is 18.2 Å². The maximum atomic E-state index is 3.71. The third-order valence-electron chi connectivity index (χ3n) is 3.98. The summed E-state index contributed by atoms with van der Waals surface area (Å²) in [4.78, 5) is 0. The molecular formula is C17H26N. The Morgan fingerprint density at radius 3 is 2.78 bits per heavy atom. The van der Waals surface area contributed by atoms with Crippen LogP contribution < -0.4 is 5.32 Å². The van der Waals surface area contributed by atoms with Gasteiger partial charge in [-0.25, -0.2) is 0 Å². The van der Waals surface area contributed by atoms with E-state index in [1.165, 1.54) is 49.7 Å². The predicted octanol–water partition coefficient (Wildman–Crippen LogP) is 4.11. The molecule has 0 saturated heterocycles. The third kappa shape index (κ3) is 4.13. The molecule has 0 aromatic heterocycles. The number of benzene rings is 1. The summed E-state index contributed by atoms with van der Waals surface area (Å²) < 4.78 is 0. The van der Waals surface area contributed by atoms with Gasteiger partial charge < -0.3 is 5.32 Å². The van der Waals surface area contributed by atoms with E-state index < -0.39 is 0 Å². The van der Waals surface area contributed by atoms with Crippen molar-refractivity contribution in [1.29, 1.82) is 0 Å². The number of rotatable bonds is 6. The minimum Gasteiger partial charge on any atom is -0.310 e. The third-order valence-corrected chi connectivity index (χ3v) is 3.98. The second-order valence-corrected chi connectivity index (χ2v) is 5.99. The molecule has 0 bridgehead atoms. The van der Waals surface area contributed by atoms with Crippen molar-refractivity contribution < 1.29 is 0 Å². The van der Waals surface area contributed by atoms with E-state index in [2.05, 4.69) is 43.4 Å². The summed E-state index contributed by atoms with van der Waals surface area (Å²) in [5, 5.41) is 3.71. The summed E-state index contributed by atoms with van der Waals surface area (Å²) in [6, 6.07) is 10.4. The average molecular weight is 244 g/mol. The molecule has 18 heavy (non-hydrogen) atoms. The van der Waals surface area contributed by atoms with E-state index in [1.54, 1.807) is 0 Å². The van der Waals surface area contributed by atoms with Crippen LogP contribution in [0.4, 0.5) is 0 Å². The van der Waals surface area contributed by atoms with Gasteiger partial charge in [0, 0.05) is 12.6 Å². The fourth-order valence-electron chi connectivity index (χ4n) is 2.73. The molecular weight excluding hydrogens is 218 g/mol. The lowest BCUT2D eigenvalue weighted by molar-refractivity contribution is 0.520. The van der Waals surface area contributed by atoms with Crippen molar-refractivity contribution in [3.05, 3.63) is 35.4 Å². The van der Waals surface area contributed by atoms with E-state index in [0.717, 1.165) is 18.5 Å². The van der Waals surface area contributed by atoms with Gasteiger partial charge in [-0.1, -0.05) is 38.8 Å². The van der Waals surface area contributed by atoms with Crippen molar-refractivity contribution in [3.8, 4) is 0 Å². The van der Waals surface area contributed by atoms with Gasteiger partial charge in [-0.3, -0.25) is 0 Å². The van der Waals surface area contributed by atoms with E-state index in [0.29, 0.717) is 0 Å². The first-order valence-corrected chi connectivity index (χ1v) is 7.47. The van der Waals surface area contributed by atoms with Gasteiger partial charge in [-0.05, 0) is 54.9 Å². The van der Waals surface area contributed by atoms with Crippen LogP contribution in [0.2, 0.25) is 0 Å². The van der Waals surface area contributed by atoms with E-state index in [-0.39, 0.29) is 0 Å². The zero-order valence-electron chi connectivity index (χ0n) is 11.8. The van der Waals surface area contributed by atoms with E-state index >= 15 is 0 Å². The molecule has 1 aliphatic carbocycles. The molecule has 1 aromatic carbocycles. The minimum atomic E-state index is 0.753. The Hall–Kier alpha value is -0.820. The lowest BCUT2D eigenvalue weighted by Crippen LogP contribution is -2.25. The fraction of sp³-hybridized carbons (Fsp3) is 0.647. The van der Waals surface area contributed by atoms with Gasteiger partial charge in [0.2, 0.25) is 0 Å². The van der Waals surface area contributed by atoms with Crippen LogP contribution in [0, 0.1) is 12.0 Å². The van der Waals surface area contributed by atoms with Gasteiger partial charge in [-0.15, -0.1) is 0 Å². The average Bonchev–Trinajstić information content (AvgIpc) is 2.88. The quantitative estimate of drug-likeness (QED) is 0.794. The summed E-state index contributed by atoms with van der Waals surface area (Å²) in [6.07, 6.45) is 8.00. The molecule has 1 nitrogen and oxygen atoms in total. The Bertz CT molecular complexity index is 350. The van der Waals surface area contributed by atoms with Crippen LogP contribution in [0.3, 0.4) is 0 Å². The molecule has 1 saturated carbocycles. The Morgan fingerprint density at radius 1 is 1.28 bits per heavy atom. The summed E-state index contributed by atoms with van der Waals surface area (Å²) in [6.45, 7) is 5.62. The summed E-state index contributed by atoms with van der Waals surface area (Å²) in [5.41, 5.74) is 2.96. The molecule has 1 heteroatoms. The molecule has 1 radical (unpaired) electrons. The van der Waals surface area contributed by atoms with Gasteiger partial charge in [0.25, 0.3) is 0 Å². The molecule has 1 fully saturated rings.